The zero-order valence-electron chi connectivity index (χ0n) is 8.02. The second kappa shape index (κ2) is 39.2. The van der Waals surface area contributed by atoms with Crippen molar-refractivity contribution in [1.82, 2.24) is 0 Å². The van der Waals surface area contributed by atoms with Gasteiger partial charge in [-0.2, -0.15) is 0 Å². The average molecular weight is 375 g/mol. The van der Waals surface area contributed by atoms with Gasteiger partial charge in [0.25, 0.3) is 0 Å². The average Bonchev–Trinajstić information content (AvgIpc) is 2.18. The molecule has 6 nitrogen and oxygen atoms in total. The summed E-state index contributed by atoms with van der Waals surface area (Å²) in [4.78, 5) is 0. The normalized spacial score (nSPS) is 6.92. The van der Waals surface area contributed by atoms with Crippen molar-refractivity contribution in [3.8, 4) is 0 Å². The van der Waals surface area contributed by atoms with Crippen LogP contribution in [0.15, 0.2) is 0 Å². The van der Waals surface area contributed by atoms with Crippen molar-refractivity contribution in [3.05, 3.63) is 0 Å². The molecule has 0 radical (unpaired) electrons. The number of nitrogens with two attached hydrogens (primary N) is 6. The Morgan fingerprint density at radius 1 is 0.385 bits per heavy atom. The summed E-state index contributed by atoms with van der Waals surface area (Å²) >= 11 is 0. The number of hydrogen-bond donors (Lipinski definition) is 6. The molecule has 0 aliphatic rings. The van der Waals surface area contributed by atoms with Crippen LogP contribution in [0.2, 0.25) is 0 Å². The van der Waals surface area contributed by atoms with E-state index < -0.39 is 0 Å². The molecule has 0 amide bonds. The van der Waals surface area contributed by atoms with Crippen LogP contribution in [0.4, 0.5) is 0 Å². The molecular formula is C6H24N6Pt. The Kier molecular flexibility index (Phi) is 70.5. The van der Waals surface area contributed by atoms with Crippen LogP contribution in [0.5, 0.6) is 0 Å². The Balaban J connectivity index is -0.0000000450. The summed E-state index contributed by atoms with van der Waals surface area (Å²) in [7, 11) is 0. The molecule has 0 unspecified atom stereocenters. The number of rotatable bonds is 3. The van der Waals surface area contributed by atoms with E-state index in [1.165, 1.54) is 0 Å². The van der Waals surface area contributed by atoms with Gasteiger partial charge in [-0.15, -0.1) is 0 Å². The van der Waals surface area contributed by atoms with E-state index in [-0.39, 0.29) is 21.1 Å². The first kappa shape index (κ1) is 23.3. The third-order valence-corrected chi connectivity index (χ3v) is 0.500. The van der Waals surface area contributed by atoms with E-state index in [1.807, 2.05) is 0 Å². The summed E-state index contributed by atoms with van der Waals surface area (Å²) in [5, 5.41) is 0. The second-order valence-corrected chi connectivity index (χ2v) is 1.73. The molecule has 0 saturated heterocycles. The first-order chi connectivity index (χ1) is 5.74. The third kappa shape index (κ3) is 114. The Morgan fingerprint density at radius 2 is 0.462 bits per heavy atom. The van der Waals surface area contributed by atoms with E-state index >= 15 is 0 Å². The van der Waals surface area contributed by atoms with Gasteiger partial charge >= 0.3 is 0 Å². The Bertz CT molecular complexity index is 32.6. The van der Waals surface area contributed by atoms with Gasteiger partial charge in [0.05, 0.1) is 0 Å². The summed E-state index contributed by atoms with van der Waals surface area (Å²) < 4.78 is 0. The van der Waals surface area contributed by atoms with Crippen LogP contribution in [0, 0.1) is 0 Å². The van der Waals surface area contributed by atoms with Crippen LogP contribution in [-0.2, 0) is 21.1 Å². The molecule has 0 saturated carbocycles. The van der Waals surface area contributed by atoms with Gasteiger partial charge < -0.3 is 34.4 Å². The van der Waals surface area contributed by atoms with Gasteiger partial charge in [-0.3, -0.25) is 0 Å². The van der Waals surface area contributed by atoms with Gasteiger partial charge in [0.2, 0.25) is 0 Å². The maximum absolute atomic E-state index is 4.90. The first-order valence-electron chi connectivity index (χ1n) is 3.95. The van der Waals surface area contributed by atoms with Gasteiger partial charge in [-0.1, -0.05) is 0 Å². The molecule has 0 aliphatic heterocycles. The van der Waals surface area contributed by atoms with Crippen LogP contribution in [0.3, 0.4) is 0 Å². The minimum atomic E-state index is 0. The van der Waals surface area contributed by atoms with Crippen molar-refractivity contribution in [3.63, 3.8) is 0 Å². The minimum absolute atomic E-state index is 0. The molecule has 88 valence electrons. The van der Waals surface area contributed by atoms with E-state index in [1.54, 1.807) is 0 Å². The fourth-order valence-electron chi connectivity index (χ4n) is 0. The van der Waals surface area contributed by atoms with Crippen molar-refractivity contribution in [2.45, 2.75) is 0 Å². The summed E-state index contributed by atoms with van der Waals surface area (Å²) in [6.45, 7) is 3.58. The molecular weight excluding hydrogens is 351 g/mol. The SMILES string of the molecule is NCCN.NCCN.NCCN.[Pt]. The monoisotopic (exact) mass is 375 g/mol. The molecule has 0 spiro atoms. The van der Waals surface area contributed by atoms with E-state index in [0.717, 1.165) is 0 Å². The standard InChI is InChI=1S/3C2H8N2.Pt/c3*3-1-2-4;/h3*1-4H2;. The molecule has 0 heterocycles. The van der Waals surface area contributed by atoms with Crippen LogP contribution in [0.1, 0.15) is 0 Å². The van der Waals surface area contributed by atoms with Crippen molar-refractivity contribution in [2.24, 2.45) is 34.4 Å². The molecule has 0 aromatic heterocycles. The molecule has 0 aromatic carbocycles. The molecule has 0 bridgehead atoms. The Morgan fingerprint density at radius 3 is 0.462 bits per heavy atom. The van der Waals surface area contributed by atoms with Gasteiger partial charge in [-0.05, 0) is 0 Å². The predicted octanol–water partition coefficient (Wildman–Crippen LogP) is -3.29. The van der Waals surface area contributed by atoms with Gasteiger partial charge in [0.15, 0.2) is 0 Å². The molecule has 12 N–H and O–H groups in total. The first-order valence-corrected chi connectivity index (χ1v) is 3.95. The summed E-state index contributed by atoms with van der Waals surface area (Å²) in [6, 6.07) is 0. The smallest absolute Gasteiger partial charge is 0.00461 e. The minimum Gasteiger partial charge on any atom is -0.329 e. The Labute approximate surface area is 95.0 Å². The van der Waals surface area contributed by atoms with Crippen LogP contribution < -0.4 is 34.4 Å². The van der Waals surface area contributed by atoms with Crippen LogP contribution in [-0.4, -0.2) is 39.3 Å². The van der Waals surface area contributed by atoms with Gasteiger partial charge in [0.1, 0.15) is 0 Å². The molecule has 13 heavy (non-hydrogen) atoms. The maximum Gasteiger partial charge on any atom is 0.00461 e. The van der Waals surface area contributed by atoms with Crippen molar-refractivity contribution in [2.75, 3.05) is 39.3 Å². The van der Waals surface area contributed by atoms with Crippen molar-refractivity contribution < 1.29 is 21.1 Å². The number of hydrogen-bond acceptors (Lipinski definition) is 6. The summed E-state index contributed by atoms with van der Waals surface area (Å²) in [5.74, 6) is 0. The largest absolute Gasteiger partial charge is 0.329 e. The van der Waals surface area contributed by atoms with Crippen LogP contribution >= 0.6 is 0 Å². The molecule has 0 aliphatic carbocycles. The van der Waals surface area contributed by atoms with Gasteiger partial charge in [-0.25, -0.2) is 0 Å². The van der Waals surface area contributed by atoms with Crippen molar-refractivity contribution >= 4 is 0 Å². The van der Waals surface area contributed by atoms with Crippen molar-refractivity contribution in [1.29, 1.82) is 0 Å². The molecule has 7 heteroatoms. The molecule has 0 rings (SSSR count). The Hall–Kier alpha value is 0.448. The fourth-order valence-corrected chi connectivity index (χ4v) is 0. The zero-order valence-corrected chi connectivity index (χ0v) is 10.3. The van der Waals surface area contributed by atoms with Crippen LogP contribution in [0.25, 0.3) is 0 Å². The van der Waals surface area contributed by atoms with E-state index in [2.05, 4.69) is 0 Å². The zero-order chi connectivity index (χ0) is 10.2. The van der Waals surface area contributed by atoms with E-state index in [4.69, 9.17) is 34.4 Å². The third-order valence-electron chi connectivity index (χ3n) is 0.500. The fraction of sp³-hybridized carbons (Fsp3) is 1.00. The summed E-state index contributed by atoms with van der Waals surface area (Å²) in [5.41, 5.74) is 29.4. The maximum atomic E-state index is 4.90. The van der Waals surface area contributed by atoms with Gasteiger partial charge in [0, 0.05) is 60.3 Å². The molecule has 0 aromatic rings. The topological polar surface area (TPSA) is 156 Å². The van der Waals surface area contributed by atoms with E-state index in [9.17, 15) is 0 Å². The predicted molar refractivity (Wildman–Crippen MR) is 54.3 cm³/mol. The second-order valence-electron chi connectivity index (χ2n) is 1.73. The summed E-state index contributed by atoms with van der Waals surface area (Å²) in [6.07, 6.45) is 0. The quantitative estimate of drug-likeness (QED) is 0.304. The molecule has 0 atom stereocenters. The molecule has 0 fully saturated rings. The van der Waals surface area contributed by atoms with E-state index in [0.29, 0.717) is 39.3 Å².